The second kappa shape index (κ2) is 5.82. The van der Waals surface area contributed by atoms with Gasteiger partial charge >= 0.3 is 0 Å². The fraction of sp³-hybridized carbons (Fsp3) is 0.538. The molecular weight excluding hydrogens is 230 g/mol. The summed E-state index contributed by atoms with van der Waals surface area (Å²) in [7, 11) is 0. The summed E-state index contributed by atoms with van der Waals surface area (Å²) in [5.74, 6) is 0.979. The number of piperidine rings is 1. The summed E-state index contributed by atoms with van der Waals surface area (Å²) in [5.41, 5.74) is 0.826. The normalized spacial score (nSPS) is 16.7. The van der Waals surface area contributed by atoms with E-state index in [1.54, 1.807) is 13.1 Å². The predicted octanol–water partition coefficient (Wildman–Crippen LogP) is 0.679. The summed E-state index contributed by atoms with van der Waals surface area (Å²) >= 11 is 0. The first kappa shape index (κ1) is 12.8. The zero-order chi connectivity index (χ0) is 13.0. The van der Waals surface area contributed by atoms with Gasteiger partial charge in [-0.05, 0) is 24.5 Å². The number of aliphatic hydroxyl groups is 1. The topological polar surface area (TPSA) is 65.5 Å². The van der Waals surface area contributed by atoms with Crippen molar-refractivity contribution in [3.8, 4) is 0 Å². The first-order valence-electron chi connectivity index (χ1n) is 6.27. The van der Waals surface area contributed by atoms with Crippen molar-refractivity contribution in [2.24, 2.45) is 0 Å². The van der Waals surface area contributed by atoms with Crippen molar-refractivity contribution in [2.45, 2.75) is 32.4 Å². The van der Waals surface area contributed by atoms with Crippen molar-refractivity contribution >= 4 is 11.7 Å². The smallest absolute Gasteiger partial charge is 0.217 e. The number of carbonyl (C=O) groups is 1. The number of nitrogens with zero attached hydrogens (tertiary/aromatic N) is 2. The first-order valence-corrected chi connectivity index (χ1v) is 6.27. The van der Waals surface area contributed by atoms with Crippen LogP contribution in [0.4, 0.5) is 5.82 Å². The fourth-order valence-electron chi connectivity index (χ4n) is 2.24. The Kier molecular flexibility index (Phi) is 4.15. The van der Waals surface area contributed by atoms with Crippen LogP contribution in [0.1, 0.15) is 25.3 Å². The van der Waals surface area contributed by atoms with Crippen LogP contribution in [0.3, 0.4) is 0 Å². The van der Waals surface area contributed by atoms with E-state index in [1.165, 1.54) is 0 Å². The Morgan fingerprint density at radius 3 is 2.72 bits per heavy atom. The van der Waals surface area contributed by atoms with Gasteiger partial charge in [-0.15, -0.1) is 0 Å². The molecule has 0 aliphatic carbocycles. The molecule has 0 bridgehead atoms. The molecule has 0 saturated carbocycles. The molecule has 2 N–H and O–H groups in total. The molecule has 5 nitrogen and oxygen atoms in total. The molecule has 0 aromatic carbocycles. The van der Waals surface area contributed by atoms with Crippen LogP contribution in [0.15, 0.2) is 18.3 Å². The zero-order valence-corrected chi connectivity index (χ0v) is 10.6. The van der Waals surface area contributed by atoms with Gasteiger partial charge in [0.1, 0.15) is 5.82 Å². The van der Waals surface area contributed by atoms with Crippen molar-refractivity contribution < 1.29 is 9.90 Å². The minimum absolute atomic E-state index is 0.0257. The van der Waals surface area contributed by atoms with Crippen LogP contribution in [0.2, 0.25) is 0 Å². The summed E-state index contributed by atoms with van der Waals surface area (Å²) in [5, 5.41) is 11.9. The van der Waals surface area contributed by atoms with Crippen LogP contribution < -0.4 is 10.2 Å². The summed E-state index contributed by atoms with van der Waals surface area (Å²) in [4.78, 5) is 17.5. The van der Waals surface area contributed by atoms with Crippen LogP contribution in [-0.4, -0.2) is 35.1 Å². The molecule has 0 unspecified atom stereocenters. The van der Waals surface area contributed by atoms with Gasteiger partial charge in [0.15, 0.2) is 0 Å². The number of aromatic nitrogens is 1. The van der Waals surface area contributed by atoms with Gasteiger partial charge in [-0.3, -0.25) is 4.79 Å². The molecule has 2 heterocycles. The highest BCUT2D eigenvalue weighted by molar-refractivity contribution is 5.73. The highest BCUT2D eigenvalue weighted by atomic mass is 16.3. The van der Waals surface area contributed by atoms with Crippen LogP contribution in [-0.2, 0) is 11.4 Å². The number of amides is 1. The third-order valence-corrected chi connectivity index (χ3v) is 3.22. The van der Waals surface area contributed by atoms with E-state index in [0.29, 0.717) is 0 Å². The van der Waals surface area contributed by atoms with Crippen molar-refractivity contribution in [1.29, 1.82) is 0 Å². The molecule has 1 aromatic rings. The lowest BCUT2D eigenvalue weighted by molar-refractivity contribution is -0.119. The lowest BCUT2D eigenvalue weighted by atomic mass is 10.1. The van der Waals surface area contributed by atoms with E-state index in [0.717, 1.165) is 37.3 Å². The number of carbonyl (C=O) groups excluding carboxylic acids is 1. The number of rotatable bonds is 3. The molecular formula is C13H19N3O2. The highest BCUT2D eigenvalue weighted by Crippen LogP contribution is 2.18. The molecule has 2 rings (SSSR count). The van der Waals surface area contributed by atoms with E-state index in [9.17, 15) is 4.79 Å². The number of nitrogens with one attached hydrogen (secondary N) is 1. The molecule has 1 amide bonds. The molecule has 1 saturated heterocycles. The predicted molar refractivity (Wildman–Crippen MR) is 69.2 cm³/mol. The molecule has 18 heavy (non-hydrogen) atoms. The lowest BCUT2D eigenvalue weighted by Gasteiger charge is -2.33. The average molecular weight is 249 g/mol. The zero-order valence-electron chi connectivity index (χ0n) is 10.6. The number of pyridine rings is 1. The molecule has 1 fully saturated rings. The molecule has 98 valence electrons. The largest absolute Gasteiger partial charge is 0.392 e. The summed E-state index contributed by atoms with van der Waals surface area (Å²) in [6, 6.07) is 4.11. The molecule has 1 aliphatic rings. The van der Waals surface area contributed by atoms with Gasteiger partial charge in [0, 0.05) is 32.3 Å². The standard InChI is InChI=1S/C13H19N3O2/c1-10(18)15-12-4-6-16(7-5-12)13-3-2-11(9-17)8-14-13/h2-3,8,12,17H,4-7,9H2,1H3,(H,15,18). The van der Waals surface area contributed by atoms with Gasteiger partial charge in [0.2, 0.25) is 5.91 Å². The highest BCUT2D eigenvalue weighted by Gasteiger charge is 2.20. The molecule has 1 aromatic heterocycles. The number of aliphatic hydroxyl groups excluding tert-OH is 1. The minimum atomic E-state index is 0.0257. The Hall–Kier alpha value is -1.62. The van der Waals surface area contributed by atoms with Gasteiger partial charge in [-0.1, -0.05) is 6.07 Å². The molecule has 0 spiro atoms. The van der Waals surface area contributed by atoms with Gasteiger partial charge in [-0.25, -0.2) is 4.98 Å². The molecule has 0 atom stereocenters. The van der Waals surface area contributed by atoms with Gasteiger partial charge in [-0.2, -0.15) is 0 Å². The molecule has 0 radical (unpaired) electrons. The maximum atomic E-state index is 11.0. The van der Waals surface area contributed by atoms with E-state index in [-0.39, 0.29) is 18.6 Å². The number of anilines is 1. The van der Waals surface area contributed by atoms with Crippen LogP contribution in [0.25, 0.3) is 0 Å². The summed E-state index contributed by atoms with van der Waals surface area (Å²) in [6.45, 7) is 3.38. The fourth-order valence-corrected chi connectivity index (χ4v) is 2.24. The van der Waals surface area contributed by atoms with E-state index < -0.39 is 0 Å². The first-order chi connectivity index (χ1) is 8.69. The quantitative estimate of drug-likeness (QED) is 0.826. The Morgan fingerprint density at radius 2 is 2.22 bits per heavy atom. The second-order valence-electron chi connectivity index (χ2n) is 4.64. The Bertz CT molecular complexity index is 397. The third-order valence-electron chi connectivity index (χ3n) is 3.22. The van der Waals surface area contributed by atoms with Crippen LogP contribution >= 0.6 is 0 Å². The van der Waals surface area contributed by atoms with Gasteiger partial charge in [0.05, 0.1) is 6.61 Å². The Morgan fingerprint density at radius 1 is 1.50 bits per heavy atom. The monoisotopic (exact) mass is 249 g/mol. The Balaban J connectivity index is 1.90. The maximum absolute atomic E-state index is 11.0. The minimum Gasteiger partial charge on any atom is -0.392 e. The van der Waals surface area contributed by atoms with Crippen LogP contribution in [0.5, 0.6) is 0 Å². The summed E-state index contributed by atoms with van der Waals surface area (Å²) in [6.07, 6.45) is 3.60. The second-order valence-corrected chi connectivity index (χ2v) is 4.64. The van der Waals surface area contributed by atoms with Gasteiger partial charge < -0.3 is 15.3 Å². The van der Waals surface area contributed by atoms with Gasteiger partial charge in [0.25, 0.3) is 0 Å². The van der Waals surface area contributed by atoms with E-state index in [4.69, 9.17) is 5.11 Å². The average Bonchev–Trinajstić information content (AvgIpc) is 2.39. The van der Waals surface area contributed by atoms with E-state index in [1.807, 2.05) is 12.1 Å². The Labute approximate surface area is 107 Å². The third kappa shape index (κ3) is 3.20. The SMILES string of the molecule is CC(=O)NC1CCN(c2ccc(CO)cn2)CC1. The number of hydrogen-bond acceptors (Lipinski definition) is 4. The molecule has 5 heteroatoms. The van der Waals surface area contributed by atoms with E-state index in [2.05, 4.69) is 15.2 Å². The molecule has 1 aliphatic heterocycles. The lowest BCUT2D eigenvalue weighted by Crippen LogP contribution is -2.44. The van der Waals surface area contributed by atoms with Crippen molar-refractivity contribution in [3.63, 3.8) is 0 Å². The van der Waals surface area contributed by atoms with Crippen molar-refractivity contribution in [2.75, 3.05) is 18.0 Å². The summed E-state index contributed by atoms with van der Waals surface area (Å²) < 4.78 is 0. The maximum Gasteiger partial charge on any atom is 0.217 e. The van der Waals surface area contributed by atoms with Crippen molar-refractivity contribution in [3.05, 3.63) is 23.9 Å². The van der Waals surface area contributed by atoms with Crippen molar-refractivity contribution in [1.82, 2.24) is 10.3 Å². The van der Waals surface area contributed by atoms with E-state index >= 15 is 0 Å². The number of hydrogen-bond donors (Lipinski definition) is 2. The van der Waals surface area contributed by atoms with Crippen LogP contribution in [0, 0.1) is 0 Å².